The van der Waals surface area contributed by atoms with E-state index in [9.17, 15) is 4.79 Å². The summed E-state index contributed by atoms with van der Waals surface area (Å²) in [5, 5.41) is 6.99. The third-order valence-electron chi connectivity index (χ3n) is 4.92. The number of rotatable bonds is 6. The standard InChI is InChI=1S/C22H19N5O4/c1-14-4-5-16(12-24-14)21(28)23-8-10-27-9-2-3-17(27)22-25-20(26-31-22)15-6-7-18-19(11-15)30-13-29-18/h2-7,9,11-12H,8,10,13H2,1H3,(H,23,28). The van der Waals surface area contributed by atoms with E-state index in [0.717, 1.165) is 17.0 Å². The summed E-state index contributed by atoms with van der Waals surface area (Å²) < 4.78 is 18.2. The van der Waals surface area contributed by atoms with Gasteiger partial charge in [0.15, 0.2) is 11.5 Å². The van der Waals surface area contributed by atoms with E-state index in [-0.39, 0.29) is 12.7 Å². The van der Waals surface area contributed by atoms with Crippen molar-refractivity contribution in [1.82, 2.24) is 25.0 Å². The zero-order valence-corrected chi connectivity index (χ0v) is 16.7. The minimum atomic E-state index is -0.163. The number of aryl methyl sites for hydroxylation is 1. The highest BCUT2D eigenvalue weighted by atomic mass is 16.7. The smallest absolute Gasteiger partial charge is 0.274 e. The van der Waals surface area contributed by atoms with Crippen LogP contribution in [0.5, 0.6) is 11.5 Å². The number of hydrogen-bond acceptors (Lipinski definition) is 7. The molecular weight excluding hydrogens is 398 g/mol. The summed E-state index contributed by atoms with van der Waals surface area (Å²) in [6.07, 6.45) is 3.47. The summed E-state index contributed by atoms with van der Waals surface area (Å²) in [5.41, 5.74) is 2.94. The predicted octanol–water partition coefficient (Wildman–Crippen LogP) is 3.07. The zero-order chi connectivity index (χ0) is 21.2. The van der Waals surface area contributed by atoms with Crippen LogP contribution in [0.25, 0.3) is 23.0 Å². The highest BCUT2D eigenvalue weighted by molar-refractivity contribution is 5.93. The average molecular weight is 417 g/mol. The van der Waals surface area contributed by atoms with Crippen molar-refractivity contribution >= 4 is 5.91 Å². The number of pyridine rings is 1. The van der Waals surface area contributed by atoms with Gasteiger partial charge in [-0.15, -0.1) is 0 Å². The van der Waals surface area contributed by atoms with Crippen molar-refractivity contribution in [3.63, 3.8) is 0 Å². The SMILES string of the molecule is Cc1ccc(C(=O)NCCn2cccc2-c2nc(-c3ccc4c(c3)OCO4)no2)cn1. The van der Waals surface area contributed by atoms with Gasteiger partial charge in [-0.3, -0.25) is 9.78 Å². The topological polar surface area (TPSA) is 104 Å². The van der Waals surface area contributed by atoms with Crippen LogP contribution in [-0.2, 0) is 6.54 Å². The van der Waals surface area contributed by atoms with Crippen molar-refractivity contribution in [2.75, 3.05) is 13.3 Å². The molecule has 0 spiro atoms. The lowest BCUT2D eigenvalue weighted by Crippen LogP contribution is -2.27. The Morgan fingerprint density at radius 1 is 1.16 bits per heavy atom. The Labute approximate surface area is 177 Å². The number of carbonyl (C=O) groups is 1. The van der Waals surface area contributed by atoms with E-state index in [0.29, 0.717) is 41.9 Å². The molecule has 1 N–H and O–H groups in total. The molecule has 9 nitrogen and oxygen atoms in total. The van der Waals surface area contributed by atoms with E-state index in [1.54, 1.807) is 12.3 Å². The van der Waals surface area contributed by atoms with E-state index in [1.165, 1.54) is 0 Å². The largest absolute Gasteiger partial charge is 0.454 e. The monoisotopic (exact) mass is 417 g/mol. The van der Waals surface area contributed by atoms with Crippen LogP contribution >= 0.6 is 0 Å². The summed E-state index contributed by atoms with van der Waals surface area (Å²) in [5.74, 6) is 2.05. The molecular formula is C22H19N5O4. The molecule has 1 aliphatic rings. The van der Waals surface area contributed by atoms with Gasteiger partial charge in [0.25, 0.3) is 11.8 Å². The fraction of sp³-hybridized carbons (Fsp3) is 0.182. The normalized spacial score (nSPS) is 12.2. The molecule has 1 aromatic carbocycles. The van der Waals surface area contributed by atoms with E-state index < -0.39 is 0 Å². The zero-order valence-electron chi connectivity index (χ0n) is 16.7. The van der Waals surface area contributed by atoms with Gasteiger partial charge in [-0.25, -0.2) is 0 Å². The highest BCUT2D eigenvalue weighted by Gasteiger charge is 2.18. The lowest BCUT2D eigenvalue weighted by Gasteiger charge is -2.08. The summed E-state index contributed by atoms with van der Waals surface area (Å²) >= 11 is 0. The van der Waals surface area contributed by atoms with Crippen molar-refractivity contribution in [3.05, 3.63) is 66.1 Å². The van der Waals surface area contributed by atoms with E-state index in [2.05, 4.69) is 20.4 Å². The third-order valence-corrected chi connectivity index (χ3v) is 4.92. The molecule has 9 heteroatoms. The van der Waals surface area contributed by atoms with Gasteiger partial charge in [-0.05, 0) is 49.4 Å². The van der Waals surface area contributed by atoms with Gasteiger partial charge in [0, 0.05) is 36.7 Å². The first kappa shape index (κ1) is 18.9. The van der Waals surface area contributed by atoms with Crippen molar-refractivity contribution < 1.29 is 18.8 Å². The van der Waals surface area contributed by atoms with E-state index >= 15 is 0 Å². The number of amides is 1. The van der Waals surface area contributed by atoms with Gasteiger partial charge in [0.2, 0.25) is 12.6 Å². The maximum absolute atomic E-state index is 12.3. The number of fused-ring (bicyclic) bond motifs is 1. The molecule has 0 fully saturated rings. The number of carbonyl (C=O) groups excluding carboxylic acids is 1. The number of benzene rings is 1. The molecule has 156 valence electrons. The van der Waals surface area contributed by atoms with Crippen LogP contribution in [0, 0.1) is 6.92 Å². The summed E-state index contributed by atoms with van der Waals surface area (Å²) in [6.45, 7) is 3.08. The molecule has 0 saturated heterocycles. The second-order valence-electron chi connectivity index (χ2n) is 7.02. The van der Waals surface area contributed by atoms with Gasteiger partial charge in [-0.2, -0.15) is 4.98 Å². The minimum absolute atomic E-state index is 0.163. The maximum atomic E-state index is 12.3. The average Bonchev–Trinajstić information content (AvgIpc) is 3.53. The molecule has 1 aliphatic heterocycles. The Balaban J connectivity index is 1.26. The maximum Gasteiger partial charge on any atom is 0.274 e. The minimum Gasteiger partial charge on any atom is -0.454 e. The third kappa shape index (κ3) is 3.85. The second kappa shape index (κ2) is 7.94. The molecule has 0 unspecified atom stereocenters. The van der Waals surface area contributed by atoms with Gasteiger partial charge in [0.05, 0.1) is 5.56 Å². The Hall–Kier alpha value is -4.14. The lowest BCUT2D eigenvalue weighted by molar-refractivity contribution is 0.0952. The summed E-state index contributed by atoms with van der Waals surface area (Å²) in [4.78, 5) is 20.9. The Bertz CT molecular complexity index is 1230. The van der Waals surface area contributed by atoms with Crippen LogP contribution in [0.3, 0.4) is 0 Å². The molecule has 0 saturated carbocycles. The Morgan fingerprint density at radius 3 is 2.94 bits per heavy atom. The van der Waals surface area contributed by atoms with Crippen LogP contribution in [0.4, 0.5) is 0 Å². The van der Waals surface area contributed by atoms with Crippen LogP contribution < -0.4 is 14.8 Å². The van der Waals surface area contributed by atoms with Crippen molar-refractivity contribution in [3.8, 4) is 34.5 Å². The fourth-order valence-electron chi connectivity index (χ4n) is 3.28. The van der Waals surface area contributed by atoms with Gasteiger partial charge in [-0.1, -0.05) is 5.16 Å². The first-order chi connectivity index (χ1) is 15.2. The second-order valence-corrected chi connectivity index (χ2v) is 7.02. The molecule has 0 bridgehead atoms. The first-order valence-electron chi connectivity index (χ1n) is 9.77. The highest BCUT2D eigenvalue weighted by Crippen LogP contribution is 2.35. The fourth-order valence-corrected chi connectivity index (χ4v) is 3.28. The number of ether oxygens (including phenoxy) is 2. The van der Waals surface area contributed by atoms with Crippen molar-refractivity contribution in [2.45, 2.75) is 13.5 Å². The molecule has 0 aliphatic carbocycles. The predicted molar refractivity (Wildman–Crippen MR) is 111 cm³/mol. The molecule has 4 aromatic rings. The van der Waals surface area contributed by atoms with Crippen molar-refractivity contribution in [1.29, 1.82) is 0 Å². The van der Waals surface area contributed by atoms with Crippen molar-refractivity contribution in [2.24, 2.45) is 0 Å². The van der Waals surface area contributed by atoms with E-state index in [4.69, 9.17) is 14.0 Å². The molecule has 0 atom stereocenters. The van der Waals surface area contributed by atoms with E-state index in [1.807, 2.05) is 54.1 Å². The lowest BCUT2D eigenvalue weighted by atomic mass is 10.2. The van der Waals surface area contributed by atoms with Crippen LogP contribution in [0.2, 0.25) is 0 Å². The van der Waals surface area contributed by atoms with Gasteiger partial charge in [0.1, 0.15) is 5.69 Å². The number of nitrogens with zero attached hydrogens (tertiary/aromatic N) is 4. The Kier molecular flexibility index (Phi) is 4.83. The molecule has 0 radical (unpaired) electrons. The number of hydrogen-bond donors (Lipinski definition) is 1. The molecule has 5 rings (SSSR count). The van der Waals surface area contributed by atoms with Crippen LogP contribution in [0.1, 0.15) is 16.1 Å². The van der Waals surface area contributed by atoms with Crippen LogP contribution in [-0.4, -0.2) is 38.9 Å². The molecule has 1 amide bonds. The first-order valence-corrected chi connectivity index (χ1v) is 9.77. The summed E-state index contributed by atoms with van der Waals surface area (Å²) in [7, 11) is 0. The van der Waals surface area contributed by atoms with Gasteiger partial charge >= 0.3 is 0 Å². The molecule has 4 heterocycles. The number of nitrogens with one attached hydrogen (secondary N) is 1. The quantitative estimate of drug-likeness (QED) is 0.514. The Morgan fingerprint density at radius 2 is 2.06 bits per heavy atom. The summed E-state index contributed by atoms with van der Waals surface area (Å²) in [6, 6.07) is 12.9. The van der Waals surface area contributed by atoms with Gasteiger partial charge < -0.3 is 23.9 Å². The molecule has 31 heavy (non-hydrogen) atoms. The van der Waals surface area contributed by atoms with Crippen LogP contribution in [0.15, 0.2) is 59.4 Å². The number of aromatic nitrogens is 4. The molecule has 3 aromatic heterocycles.